The van der Waals surface area contributed by atoms with Gasteiger partial charge in [-0.25, -0.2) is 0 Å². The highest BCUT2D eigenvalue weighted by Gasteiger charge is 2.14. The van der Waals surface area contributed by atoms with E-state index in [-0.39, 0.29) is 24.4 Å². The first-order chi connectivity index (χ1) is 9.92. The Hall–Kier alpha value is -1.92. The van der Waals surface area contributed by atoms with Crippen molar-refractivity contribution in [2.24, 2.45) is 11.5 Å². The topological polar surface area (TPSA) is 101 Å². The van der Waals surface area contributed by atoms with Gasteiger partial charge in [0.15, 0.2) is 0 Å². The summed E-state index contributed by atoms with van der Waals surface area (Å²) in [6.07, 6.45) is 0.304. The summed E-state index contributed by atoms with van der Waals surface area (Å²) in [6, 6.07) is 7.59. The molecule has 116 valence electrons. The van der Waals surface area contributed by atoms with Crippen LogP contribution in [0.1, 0.15) is 25.8 Å². The fourth-order valence-corrected chi connectivity index (χ4v) is 1.96. The molecular formula is C15H24N4O2. The molecule has 0 aliphatic carbocycles. The predicted octanol–water partition coefficient (Wildman–Crippen LogP) is 0.670. The number of amides is 2. The number of carbonyl (C=O) groups excluding carboxylic acids is 2. The molecule has 6 nitrogen and oxygen atoms in total. The molecule has 0 aliphatic rings. The Morgan fingerprint density at radius 2 is 2.05 bits per heavy atom. The summed E-state index contributed by atoms with van der Waals surface area (Å²) in [4.78, 5) is 24.8. The van der Waals surface area contributed by atoms with Crippen molar-refractivity contribution in [3.63, 3.8) is 0 Å². The van der Waals surface area contributed by atoms with Gasteiger partial charge in [-0.2, -0.15) is 0 Å². The molecule has 2 amide bonds. The Balaban J connectivity index is 2.50. The second-order valence-electron chi connectivity index (χ2n) is 5.23. The average molecular weight is 292 g/mol. The van der Waals surface area contributed by atoms with Crippen LogP contribution in [0, 0.1) is 0 Å². The molecule has 0 aliphatic heterocycles. The number of nitrogens with two attached hydrogens (primary N) is 2. The lowest BCUT2D eigenvalue weighted by atomic mass is 10.2. The zero-order chi connectivity index (χ0) is 15.8. The summed E-state index contributed by atoms with van der Waals surface area (Å²) in [6.45, 7) is 5.01. The molecule has 21 heavy (non-hydrogen) atoms. The molecule has 0 radical (unpaired) electrons. The van der Waals surface area contributed by atoms with Crippen LogP contribution in [0.4, 0.5) is 5.69 Å². The minimum Gasteiger partial charge on any atom is -0.369 e. The first-order valence-corrected chi connectivity index (χ1v) is 7.03. The summed E-state index contributed by atoms with van der Waals surface area (Å²) >= 11 is 0. The third-order valence-corrected chi connectivity index (χ3v) is 3.16. The van der Waals surface area contributed by atoms with Crippen molar-refractivity contribution in [1.82, 2.24) is 4.90 Å². The predicted molar refractivity (Wildman–Crippen MR) is 83.5 cm³/mol. The van der Waals surface area contributed by atoms with E-state index in [1.165, 1.54) is 0 Å². The molecule has 0 unspecified atom stereocenters. The zero-order valence-electron chi connectivity index (χ0n) is 12.6. The third kappa shape index (κ3) is 6.37. The van der Waals surface area contributed by atoms with E-state index < -0.39 is 0 Å². The van der Waals surface area contributed by atoms with Crippen LogP contribution in [0.15, 0.2) is 24.3 Å². The Labute approximate surface area is 125 Å². The van der Waals surface area contributed by atoms with E-state index in [2.05, 4.69) is 5.32 Å². The highest BCUT2D eigenvalue weighted by Crippen LogP contribution is 2.10. The Kier molecular flexibility index (Phi) is 6.84. The van der Waals surface area contributed by atoms with Crippen LogP contribution in [0.25, 0.3) is 0 Å². The third-order valence-electron chi connectivity index (χ3n) is 3.16. The van der Waals surface area contributed by atoms with Crippen molar-refractivity contribution in [3.8, 4) is 0 Å². The highest BCUT2D eigenvalue weighted by molar-refractivity contribution is 5.90. The first-order valence-electron chi connectivity index (χ1n) is 7.03. The monoisotopic (exact) mass is 292 g/mol. The Bertz CT molecular complexity index is 488. The number of nitrogens with one attached hydrogen (secondary N) is 1. The number of hydrogen-bond acceptors (Lipinski definition) is 4. The number of rotatable bonds is 8. The number of hydrogen-bond donors (Lipinski definition) is 3. The molecule has 0 bridgehead atoms. The van der Waals surface area contributed by atoms with Gasteiger partial charge < -0.3 is 16.8 Å². The Morgan fingerprint density at radius 3 is 2.62 bits per heavy atom. The van der Waals surface area contributed by atoms with Crippen LogP contribution in [0.2, 0.25) is 0 Å². The molecule has 0 atom stereocenters. The minimum absolute atomic E-state index is 0.0979. The van der Waals surface area contributed by atoms with E-state index in [0.29, 0.717) is 19.5 Å². The van der Waals surface area contributed by atoms with E-state index in [1.807, 2.05) is 43.0 Å². The first kappa shape index (κ1) is 17.1. The highest BCUT2D eigenvalue weighted by atomic mass is 16.2. The Morgan fingerprint density at radius 1 is 1.33 bits per heavy atom. The van der Waals surface area contributed by atoms with Crippen molar-refractivity contribution in [2.45, 2.75) is 32.9 Å². The van der Waals surface area contributed by atoms with Crippen molar-refractivity contribution in [2.75, 3.05) is 18.4 Å². The van der Waals surface area contributed by atoms with Crippen molar-refractivity contribution in [3.05, 3.63) is 29.8 Å². The van der Waals surface area contributed by atoms with Gasteiger partial charge in [0, 0.05) is 31.2 Å². The van der Waals surface area contributed by atoms with Gasteiger partial charge in [-0.05, 0) is 31.5 Å². The maximum Gasteiger partial charge on any atom is 0.231 e. The van der Waals surface area contributed by atoms with Gasteiger partial charge in [0.1, 0.15) is 0 Å². The molecule has 0 fully saturated rings. The fourth-order valence-electron chi connectivity index (χ4n) is 1.96. The number of carbonyl (C=O) groups is 2. The molecule has 0 spiro atoms. The van der Waals surface area contributed by atoms with Gasteiger partial charge >= 0.3 is 0 Å². The van der Waals surface area contributed by atoms with E-state index in [0.717, 1.165) is 11.3 Å². The van der Waals surface area contributed by atoms with Crippen LogP contribution in [-0.4, -0.2) is 35.8 Å². The maximum absolute atomic E-state index is 11.9. The average Bonchev–Trinajstić information content (AvgIpc) is 2.43. The molecule has 1 aromatic carbocycles. The molecule has 5 N–H and O–H groups in total. The molecule has 0 heterocycles. The summed E-state index contributed by atoms with van der Waals surface area (Å²) < 4.78 is 0. The molecular weight excluding hydrogens is 268 g/mol. The second kappa shape index (κ2) is 8.39. The molecule has 1 rings (SSSR count). The molecule has 0 saturated heterocycles. The zero-order valence-corrected chi connectivity index (χ0v) is 12.6. The quantitative estimate of drug-likeness (QED) is 0.655. The van der Waals surface area contributed by atoms with Crippen LogP contribution in [0.3, 0.4) is 0 Å². The van der Waals surface area contributed by atoms with Crippen LogP contribution in [-0.2, 0) is 16.1 Å². The molecule has 6 heteroatoms. The lowest BCUT2D eigenvalue weighted by molar-refractivity contribution is -0.121. The van der Waals surface area contributed by atoms with Gasteiger partial charge in [-0.15, -0.1) is 0 Å². The summed E-state index contributed by atoms with van der Waals surface area (Å²) in [5, 5.41) is 2.83. The summed E-state index contributed by atoms with van der Waals surface area (Å²) in [5.41, 5.74) is 12.5. The smallest absolute Gasteiger partial charge is 0.231 e. The largest absolute Gasteiger partial charge is 0.369 e. The van der Waals surface area contributed by atoms with E-state index in [4.69, 9.17) is 11.5 Å². The molecule has 0 saturated carbocycles. The number of benzene rings is 1. The maximum atomic E-state index is 11.9. The SMILES string of the molecule is CC(C)N(CCC(=O)Nc1cccc(CN)c1)CC(N)=O. The fraction of sp³-hybridized carbons (Fsp3) is 0.467. The minimum atomic E-state index is -0.389. The van der Waals surface area contributed by atoms with E-state index in [1.54, 1.807) is 0 Å². The standard InChI is InChI=1S/C15H24N4O2/c1-11(2)19(10-14(17)20)7-6-15(21)18-13-5-3-4-12(8-13)9-16/h3-5,8,11H,6-7,9-10,16H2,1-2H3,(H2,17,20)(H,18,21). The number of anilines is 1. The van der Waals surface area contributed by atoms with E-state index in [9.17, 15) is 9.59 Å². The second-order valence-corrected chi connectivity index (χ2v) is 5.23. The van der Waals surface area contributed by atoms with Crippen LogP contribution < -0.4 is 16.8 Å². The summed E-state index contributed by atoms with van der Waals surface area (Å²) in [7, 11) is 0. The van der Waals surface area contributed by atoms with Crippen molar-refractivity contribution >= 4 is 17.5 Å². The van der Waals surface area contributed by atoms with Crippen LogP contribution in [0.5, 0.6) is 0 Å². The van der Waals surface area contributed by atoms with Crippen LogP contribution >= 0.6 is 0 Å². The van der Waals surface area contributed by atoms with E-state index >= 15 is 0 Å². The van der Waals surface area contributed by atoms with Gasteiger partial charge in [-0.3, -0.25) is 14.5 Å². The molecule has 1 aromatic rings. The van der Waals surface area contributed by atoms with Gasteiger partial charge in [0.25, 0.3) is 0 Å². The van der Waals surface area contributed by atoms with Crippen molar-refractivity contribution < 1.29 is 9.59 Å². The van der Waals surface area contributed by atoms with Crippen molar-refractivity contribution in [1.29, 1.82) is 0 Å². The lowest BCUT2D eigenvalue weighted by Crippen LogP contribution is -2.40. The number of nitrogens with zero attached hydrogens (tertiary/aromatic N) is 1. The van der Waals surface area contributed by atoms with Gasteiger partial charge in [-0.1, -0.05) is 12.1 Å². The van der Waals surface area contributed by atoms with Gasteiger partial charge in [0.05, 0.1) is 6.54 Å². The summed E-state index contributed by atoms with van der Waals surface area (Å²) in [5.74, 6) is -0.487. The number of primary amides is 1. The van der Waals surface area contributed by atoms with Gasteiger partial charge in [0.2, 0.25) is 11.8 Å². The lowest BCUT2D eigenvalue weighted by Gasteiger charge is -2.24. The normalized spacial score (nSPS) is 10.9. The molecule has 0 aromatic heterocycles.